The van der Waals surface area contributed by atoms with Crippen LogP contribution in [-0.2, 0) is 0 Å². The zero-order valence-electron chi connectivity index (χ0n) is 4.09. The molecule has 0 aliphatic carbocycles. The summed E-state index contributed by atoms with van der Waals surface area (Å²) in [6.07, 6.45) is 1.03. The fourth-order valence-electron chi connectivity index (χ4n) is 0.146. The number of hydrogen-bond donors (Lipinski definition) is 2. The first-order chi connectivity index (χ1) is 3.27. The van der Waals surface area contributed by atoms with Gasteiger partial charge in [-0.05, 0) is 0 Å². The minimum absolute atomic E-state index is 0.887. The molecule has 0 rings (SSSR count). The van der Waals surface area contributed by atoms with E-state index in [0.29, 0.717) is 0 Å². The summed E-state index contributed by atoms with van der Waals surface area (Å²) in [4.78, 5) is 0. The first-order valence-electron chi connectivity index (χ1n) is 1.99. The van der Waals surface area contributed by atoms with Crippen molar-refractivity contribution in [3.05, 3.63) is 0 Å². The molecule has 4 heteroatoms. The third kappa shape index (κ3) is 7.00. The molecular weight excluding hydrogens is 227 g/mol. The van der Waals surface area contributed by atoms with Gasteiger partial charge in [0.25, 0.3) is 0 Å². The Hall–Kier alpha value is 1.00. The Labute approximate surface area is 54.2 Å². The first-order valence-corrected chi connectivity index (χ1v) is 7.45. The molecule has 0 aromatic carbocycles. The molecule has 0 fully saturated rings. The third-order valence-electron chi connectivity index (χ3n) is 0.379. The molecule has 0 atom stereocenters. The average molecular weight is 236 g/mol. The Kier molecular flexibility index (Phi) is 5.88. The van der Waals surface area contributed by atoms with Gasteiger partial charge in [0.15, 0.2) is 0 Å². The van der Waals surface area contributed by atoms with Crippen molar-refractivity contribution in [2.45, 2.75) is 13.3 Å². The van der Waals surface area contributed by atoms with Gasteiger partial charge in [0.05, 0.1) is 0 Å². The summed E-state index contributed by atoms with van der Waals surface area (Å²) in [7, 11) is 1.30. The molecule has 0 aliphatic heterocycles. The molecule has 46 valence electrons. The fraction of sp³-hybridized carbons (Fsp3) is 1.00. The van der Waals surface area contributed by atoms with Gasteiger partial charge >= 0.3 is 54.2 Å². The molecule has 0 saturated carbocycles. The van der Waals surface area contributed by atoms with Gasteiger partial charge in [-0.3, -0.25) is 0 Å². The Morgan fingerprint density at radius 3 is 2.29 bits per heavy atom. The zero-order chi connectivity index (χ0) is 5.70. The molecule has 0 bridgehead atoms. The molecule has 0 heterocycles. The van der Waals surface area contributed by atoms with E-state index in [1.165, 1.54) is 8.93 Å². The topological polar surface area (TPSA) is 40.5 Å². The maximum absolute atomic E-state index is 8.36. The predicted octanol–water partition coefficient (Wildman–Crippen LogP) is 1.37. The standard InChI is InChI=1S/C3H9IO2S/c1-2-3-7-4(5)6/h5-6H,2-3H2,1H3. The molecular formula is C3H9IO2S. The minimum atomic E-state index is -2.41. The molecule has 0 aliphatic rings. The molecule has 2 nitrogen and oxygen atoms in total. The van der Waals surface area contributed by atoms with Gasteiger partial charge in [-0.1, -0.05) is 0 Å². The van der Waals surface area contributed by atoms with Crippen LogP contribution >= 0.6 is 28.2 Å². The van der Waals surface area contributed by atoms with Crippen LogP contribution in [0.25, 0.3) is 0 Å². The van der Waals surface area contributed by atoms with Crippen molar-refractivity contribution in [1.29, 1.82) is 0 Å². The Morgan fingerprint density at radius 2 is 2.14 bits per heavy atom. The van der Waals surface area contributed by atoms with Crippen LogP contribution in [0.4, 0.5) is 0 Å². The van der Waals surface area contributed by atoms with Crippen LogP contribution < -0.4 is 0 Å². The first kappa shape index (κ1) is 8.00. The third-order valence-corrected chi connectivity index (χ3v) is 4.13. The molecule has 7 heavy (non-hydrogen) atoms. The van der Waals surface area contributed by atoms with Crippen molar-refractivity contribution in [2.75, 3.05) is 5.75 Å². The van der Waals surface area contributed by atoms with E-state index in [1.807, 2.05) is 6.92 Å². The van der Waals surface area contributed by atoms with E-state index in [9.17, 15) is 0 Å². The van der Waals surface area contributed by atoms with Crippen molar-refractivity contribution in [2.24, 2.45) is 0 Å². The molecule has 0 radical (unpaired) electrons. The zero-order valence-corrected chi connectivity index (χ0v) is 7.07. The molecule has 0 aromatic rings. The second kappa shape index (κ2) is 5.14. The van der Waals surface area contributed by atoms with Crippen molar-refractivity contribution >= 4 is 28.2 Å². The van der Waals surface area contributed by atoms with Gasteiger partial charge in [0.2, 0.25) is 0 Å². The summed E-state index contributed by atoms with van der Waals surface area (Å²) in [6.45, 7) is 2.02. The van der Waals surface area contributed by atoms with Crippen molar-refractivity contribution in [1.82, 2.24) is 0 Å². The summed E-state index contributed by atoms with van der Waals surface area (Å²) in [5, 5.41) is 0. The summed E-state index contributed by atoms with van der Waals surface area (Å²) in [5.41, 5.74) is 0. The van der Waals surface area contributed by atoms with Crippen LogP contribution in [0.3, 0.4) is 0 Å². The van der Waals surface area contributed by atoms with E-state index >= 15 is 0 Å². The van der Waals surface area contributed by atoms with Crippen molar-refractivity contribution < 1.29 is 6.87 Å². The van der Waals surface area contributed by atoms with Gasteiger partial charge in [-0.25, -0.2) is 0 Å². The van der Waals surface area contributed by atoms with Gasteiger partial charge in [0, 0.05) is 0 Å². The predicted molar refractivity (Wildman–Crippen MR) is 41.2 cm³/mol. The fourth-order valence-corrected chi connectivity index (χ4v) is 2.94. The summed E-state index contributed by atoms with van der Waals surface area (Å²) < 4.78 is 16.7. The van der Waals surface area contributed by atoms with E-state index in [-0.39, 0.29) is 0 Å². The Bertz CT molecular complexity index is 41.9. The van der Waals surface area contributed by atoms with Crippen molar-refractivity contribution in [3.63, 3.8) is 0 Å². The van der Waals surface area contributed by atoms with Gasteiger partial charge in [-0.2, -0.15) is 0 Å². The molecule has 0 spiro atoms. The second-order valence-corrected chi connectivity index (χ2v) is 6.59. The summed E-state index contributed by atoms with van der Waals surface area (Å²) >= 11 is -2.41. The van der Waals surface area contributed by atoms with E-state index in [1.54, 1.807) is 0 Å². The molecule has 0 aromatic heterocycles. The van der Waals surface area contributed by atoms with Crippen LogP contribution in [-0.4, -0.2) is 12.6 Å². The van der Waals surface area contributed by atoms with Gasteiger partial charge in [-0.15, -0.1) is 0 Å². The normalized spacial score (nSPS) is 11.6. The van der Waals surface area contributed by atoms with E-state index < -0.39 is 19.3 Å². The van der Waals surface area contributed by atoms with Crippen LogP contribution in [0.15, 0.2) is 0 Å². The Balaban J connectivity index is 2.68. The van der Waals surface area contributed by atoms with Gasteiger partial charge < -0.3 is 0 Å². The van der Waals surface area contributed by atoms with E-state index in [2.05, 4.69) is 0 Å². The summed E-state index contributed by atoms with van der Waals surface area (Å²) in [5.74, 6) is 0.887. The van der Waals surface area contributed by atoms with E-state index in [4.69, 9.17) is 6.87 Å². The molecule has 2 N–H and O–H groups in total. The molecule has 0 saturated heterocycles. The van der Waals surface area contributed by atoms with E-state index in [0.717, 1.165) is 12.2 Å². The Morgan fingerprint density at radius 1 is 1.57 bits per heavy atom. The number of halogens is 1. The monoisotopic (exact) mass is 236 g/mol. The quantitative estimate of drug-likeness (QED) is 0.727. The molecule has 0 unspecified atom stereocenters. The van der Waals surface area contributed by atoms with Crippen LogP contribution in [0, 0.1) is 0 Å². The number of hydrogen-bond acceptors (Lipinski definition) is 3. The van der Waals surface area contributed by atoms with Crippen LogP contribution in [0.2, 0.25) is 0 Å². The van der Waals surface area contributed by atoms with Crippen molar-refractivity contribution in [3.8, 4) is 0 Å². The van der Waals surface area contributed by atoms with Crippen LogP contribution in [0.1, 0.15) is 13.3 Å². The summed E-state index contributed by atoms with van der Waals surface area (Å²) in [6, 6.07) is 0. The van der Waals surface area contributed by atoms with Crippen LogP contribution in [0.5, 0.6) is 0 Å². The van der Waals surface area contributed by atoms with Gasteiger partial charge in [0.1, 0.15) is 0 Å². The second-order valence-electron chi connectivity index (χ2n) is 1.03. The average Bonchev–Trinajstić information content (AvgIpc) is 1.61. The number of rotatable bonds is 3. The maximum atomic E-state index is 8.36. The molecule has 0 amide bonds. The SMILES string of the molecule is CCCSI(O)O.